The summed E-state index contributed by atoms with van der Waals surface area (Å²) >= 11 is 1.10. The summed E-state index contributed by atoms with van der Waals surface area (Å²) in [5, 5.41) is 0. The van der Waals surface area contributed by atoms with Gasteiger partial charge < -0.3 is 0 Å². The molecule has 0 bridgehead atoms. The van der Waals surface area contributed by atoms with E-state index in [-0.39, 0.29) is 46.0 Å². The van der Waals surface area contributed by atoms with Crippen LogP contribution < -0.4 is 0 Å². The molecule has 0 atom stereocenters. The average molecular weight is 402 g/mol. The molecule has 0 aliphatic carbocycles. The Morgan fingerprint density at radius 2 is 1.25 bits per heavy atom. The van der Waals surface area contributed by atoms with Crippen LogP contribution in [0.2, 0.25) is 0 Å². The van der Waals surface area contributed by atoms with E-state index in [0.29, 0.717) is 0 Å². The van der Waals surface area contributed by atoms with Gasteiger partial charge in [0.2, 0.25) is 0 Å². The van der Waals surface area contributed by atoms with E-state index in [4.69, 9.17) is 3.57 Å². The van der Waals surface area contributed by atoms with Crippen LogP contribution in [0.25, 0.3) is 0 Å². The van der Waals surface area contributed by atoms with Gasteiger partial charge in [-0.1, -0.05) is 0 Å². The van der Waals surface area contributed by atoms with Crippen molar-refractivity contribution in [2.45, 2.75) is 0 Å². The van der Waals surface area contributed by atoms with Gasteiger partial charge in [0, 0.05) is 0 Å². The monoisotopic (exact) mass is 402 g/mol. The Morgan fingerprint density at radius 1 is 1.25 bits per heavy atom. The molecule has 0 unspecified atom stereocenters. The van der Waals surface area contributed by atoms with Gasteiger partial charge in [0.05, 0.1) is 0 Å². The number of rotatable bonds is 0. The third-order valence-electron chi connectivity index (χ3n) is 0. The SMILES string of the molecule is [BiH3].[GaH3].[O]=[Ru]. The predicted molar refractivity (Wildman–Crippen MR) is 20.6 cm³/mol. The molecule has 0 saturated carbocycles. The van der Waals surface area contributed by atoms with Crippen molar-refractivity contribution in [1.29, 1.82) is 0 Å². The van der Waals surface area contributed by atoms with Crippen molar-refractivity contribution in [3.8, 4) is 0 Å². The van der Waals surface area contributed by atoms with E-state index in [0.717, 1.165) is 18.3 Å². The molecular weight excluding hydrogens is 396 g/mol. The second-order valence-corrected chi connectivity index (χ2v) is 0. The van der Waals surface area contributed by atoms with Crippen LogP contribution >= 0.6 is 0 Å². The maximum atomic E-state index is 8.18. The predicted octanol–water partition coefficient (Wildman–Crippen LogP) is -2.49. The molecule has 28 valence electrons. The molecule has 1 nitrogen and oxygen atoms in total. The molecule has 0 saturated heterocycles. The van der Waals surface area contributed by atoms with Gasteiger partial charge in [-0.2, -0.15) is 0 Å². The van der Waals surface area contributed by atoms with Crippen LogP contribution in [0.4, 0.5) is 0 Å². The second-order valence-electron chi connectivity index (χ2n) is 0. The van der Waals surface area contributed by atoms with Gasteiger partial charge in [-0.05, 0) is 0 Å². The summed E-state index contributed by atoms with van der Waals surface area (Å²) in [5.74, 6) is 0. The molecule has 0 N–H and O–H groups in total. The van der Waals surface area contributed by atoms with Gasteiger partial charge in [-0.25, -0.2) is 0 Å². The fourth-order valence-electron chi connectivity index (χ4n) is 0. The molecule has 0 aliphatic heterocycles. The third-order valence-corrected chi connectivity index (χ3v) is 0. The summed E-state index contributed by atoms with van der Waals surface area (Å²) in [4.78, 5) is 0. The molecule has 4 heteroatoms. The molecule has 0 aromatic heterocycles. The second kappa shape index (κ2) is 20.4. The Morgan fingerprint density at radius 3 is 1.25 bits per heavy atom. The average Bonchev–Trinajstić information content (AvgIpc) is 1.00. The minimum absolute atomic E-state index is 0. The van der Waals surface area contributed by atoms with Crippen LogP contribution in [0.3, 0.4) is 0 Å². The van der Waals surface area contributed by atoms with Crippen molar-refractivity contribution in [2.75, 3.05) is 0 Å². The van der Waals surface area contributed by atoms with Crippen LogP contribution in [-0.4, -0.2) is 46.0 Å². The molecule has 0 fully saturated rings. The van der Waals surface area contributed by atoms with E-state index < -0.39 is 0 Å². The van der Waals surface area contributed by atoms with E-state index in [1.165, 1.54) is 0 Å². The van der Waals surface area contributed by atoms with Crippen LogP contribution in [0.1, 0.15) is 0 Å². The van der Waals surface area contributed by atoms with Crippen molar-refractivity contribution in [3.63, 3.8) is 0 Å². The van der Waals surface area contributed by atoms with Gasteiger partial charge in [-0.3, -0.25) is 0 Å². The Labute approximate surface area is 67.0 Å². The van der Waals surface area contributed by atoms with Gasteiger partial charge in [-0.15, -0.1) is 0 Å². The first kappa shape index (κ1) is 16.8. The fraction of sp³-hybridized carbons (Fsp3) is 0. The molecule has 0 aromatic carbocycles. The molecule has 0 aromatic rings. The zero-order valence-corrected chi connectivity index (χ0v) is 8.70. The summed E-state index contributed by atoms with van der Waals surface area (Å²) in [6.45, 7) is 0. The normalized spacial score (nSPS) is 1.25. The molecule has 0 spiro atoms. The summed E-state index contributed by atoms with van der Waals surface area (Å²) < 4.78 is 8.18. The minimum atomic E-state index is 0. The van der Waals surface area contributed by atoms with Crippen LogP contribution in [0.5, 0.6) is 0 Å². The van der Waals surface area contributed by atoms with Gasteiger partial charge in [0.1, 0.15) is 0 Å². The molecule has 0 amide bonds. The van der Waals surface area contributed by atoms with E-state index in [1.54, 1.807) is 0 Å². The van der Waals surface area contributed by atoms with Crippen LogP contribution in [0, 0.1) is 0 Å². The summed E-state index contributed by atoms with van der Waals surface area (Å²) in [6, 6.07) is 0. The molecule has 0 aliphatic rings. The van der Waals surface area contributed by atoms with E-state index in [1.807, 2.05) is 0 Å². The zero-order valence-electron chi connectivity index (χ0n) is 1.47. The van der Waals surface area contributed by atoms with Crippen molar-refractivity contribution < 1.29 is 21.8 Å². The van der Waals surface area contributed by atoms with E-state index in [2.05, 4.69) is 0 Å². The van der Waals surface area contributed by atoms with Gasteiger partial charge in [0.15, 0.2) is 0 Å². The van der Waals surface area contributed by atoms with Crippen molar-refractivity contribution in [3.05, 3.63) is 0 Å². The molecule has 0 radical (unpaired) electrons. The molecular formula is H6BiGaORu. The molecule has 0 rings (SSSR count). The van der Waals surface area contributed by atoms with Crippen molar-refractivity contribution >= 4 is 46.0 Å². The van der Waals surface area contributed by atoms with Crippen LogP contribution in [-0.2, 0) is 21.8 Å². The Hall–Kier alpha value is 1.94. The first-order valence-electron chi connectivity index (χ1n) is 0.144. The van der Waals surface area contributed by atoms with Crippen molar-refractivity contribution in [1.82, 2.24) is 0 Å². The Balaban J connectivity index is -0.00000000500. The fourth-order valence-corrected chi connectivity index (χ4v) is 0. The quantitative estimate of drug-likeness (QED) is 0.411. The van der Waals surface area contributed by atoms with Gasteiger partial charge >= 0.3 is 67.8 Å². The number of hydrogen-bond donors (Lipinski definition) is 0. The van der Waals surface area contributed by atoms with E-state index in [9.17, 15) is 0 Å². The zero-order chi connectivity index (χ0) is 2.00. The third kappa shape index (κ3) is 9.05. The topological polar surface area (TPSA) is 17.1 Å². The van der Waals surface area contributed by atoms with Gasteiger partial charge in [0.25, 0.3) is 0 Å². The Bertz CT molecular complexity index is 8.00. The number of hydrogen-bond acceptors (Lipinski definition) is 1. The van der Waals surface area contributed by atoms with E-state index >= 15 is 0 Å². The first-order chi connectivity index (χ1) is 1.00. The summed E-state index contributed by atoms with van der Waals surface area (Å²) in [7, 11) is 0. The Kier molecular flexibility index (Phi) is 85.3. The summed E-state index contributed by atoms with van der Waals surface area (Å²) in [6.07, 6.45) is 0. The molecule has 0 heterocycles. The van der Waals surface area contributed by atoms with Crippen LogP contribution in [0.15, 0.2) is 0 Å². The summed E-state index contributed by atoms with van der Waals surface area (Å²) in [5.41, 5.74) is 0. The maximum absolute atomic E-state index is 8.18. The standard InChI is InChI=1S/Bi.Ga.O.Ru.6H. The molecule has 4 heavy (non-hydrogen) atoms. The van der Waals surface area contributed by atoms with Crippen molar-refractivity contribution in [2.24, 2.45) is 0 Å². The first-order valence-corrected chi connectivity index (χ1v) is 0.854.